The molecule has 0 saturated carbocycles. The second kappa shape index (κ2) is 3.50. The lowest BCUT2D eigenvalue weighted by Crippen LogP contribution is -2.29. The SMILES string of the molecule is CNC(C)C1CNc2cccc(O)c21. The number of hydrogen-bond acceptors (Lipinski definition) is 3. The molecular formula is C11H16N2O. The number of rotatable bonds is 2. The normalized spacial score (nSPS) is 21.4. The van der Waals surface area contributed by atoms with Gasteiger partial charge < -0.3 is 15.7 Å². The van der Waals surface area contributed by atoms with Gasteiger partial charge >= 0.3 is 0 Å². The number of hydrogen-bond donors (Lipinski definition) is 3. The largest absolute Gasteiger partial charge is 0.508 e. The minimum Gasteiger partial charge on any atom is -0.508 e. The molecule has 1 aliphatic heterocycles. The van der Waals surface area contributed by atoms with Crippen molar-refractivity contribution in [2.45, 2.75) is 18.9 Å². The monoisotopic (exact) mass is 192 g/mol. The second-order valence-corrected chi connectivity index (χ2v) is 3.80. The smallest absolute Gasteiger partial charge is 0.121 e. The molecule has 0 amide bonds. The molecule has 14 heavy (non-hydrogen) atoms. The molecule has 3 N–H and O–H groups in total. The van der Waals surface area contributed by atoms with E-state index in [1.807, 2.05) is 19.2 Å². The Hall–Kier alpha value is -1.22. The third-order valence-electron chi connectivity index (χ3n) is 3.03. The van der Waals surface area contributed by atoms with Crippen LogP contribution in [0.1, 0.15) is 18.4 Å². The molecule has 0 spiro atoms. The Balaban J connectivity index is 2.38. The standard InChI is InChI=1S/C11H16N2O/c1-7(12-2)8-6-13-9-4-3-5-10(14)11(8)9/h3-5,7-8,12-14H,6H2,1-2H3. The van der Waals surface area contributed by atoms with E-state index in [9.17, 15) is 5.11 Å². The van der Waals surface area contributed by atoms with Crippen molar-refractivity contribution in [1.29, 1.82) is 0 Å². The Morgan fingerprint density at radius 3 is 3.07 bits per heavy atom. The summed E-state index contributed by atoms with van der Waals surface area (Å²) in [6.45, 7) is 3.03. The Kier molecular flexibility index (Phi) is 2.33. The van der Waals surface area contributed by atoms with E-state index >= 15 is 0 Å². The quantitative estimate of drug-likeness (QED) is 0.665. The van der Waals surface area contributed by atoms with Crippen molar-refractivity contribution < 1.29 is 5.11 Å². The van der Waals surface area contributed by atoms with E-state index < -0.39 is 0 Å². The zero-order chi connectivity index (χ0) is 10.1. The molecule has 1 aromatic carbocycles. The molecule has 0 radical (unpaired) electrons. The molecule has 2 unspecified atom stereocenters. The number of anilines is 1. The summed E-state index contributed by atoms with van der Waals surface area (Å²) < 4.78 is 0. The number of nitrogens with one attached hydrogen (secondary N) is 2. The highest BCUT2D eigenvalue weighted by Crippen LogP contribution is 2.39. The van der Waals surface area contributed by atoms with Crippen molar-refractivity contribution in [2.75, 3.05) is 18.9 Å². The zero-order valence-electron chi connectivity index (χ0n) is 8.54. The highest BCUT2D eigenvalue weighted by Gasteiger charge is 2.28. The van der Waals surface area contributed by atoms with Crippen LogP contribution < -0.4 is 10.6 Å². The number of aromatic hydroxyl groups is 1. The fourth-order valence-corrected chi connectivity index (χ4v) is 2.05. The number of fused-ring (bicyclic) bond motifs is 1. The summed E-state index contributed by atoms with van der Waals surface area (Å²) in [5, 5.41) is 16.3. The van der Waals surface area contributed by atoms with Crippen molar-refractivity contribution >= 4 is 5.69 Å². The second-order valence-electron chi connectivity index (χ2n) is 3.80. The summed E-state index contributed by atoms with van der Waals surface area (Å²) >= 11 is 0. The van der Waals surface area contributed by atoms with Gasteiger partial charge in [-0.15, -0.1) is 0 Å². The fraction of sp³-hybridized carbons (Fsp3) is 0.455. The molecule has 1 heterocycles. The Morgan fingerprint density at radius 1 is 1.57 bits per heavy atom. The van der Waals surface area contributed by atoms with Crippen LogP contribution in [0.4, 0.5) is 5.69 Å². The van der Waals surface area contributed by atoms with Crippen LogP contribution in [0.5, 0.6) is 5.75 Å². The molecule has 0 bridgehead atoms. The summed E-state index contributed by atoms with van der Waals surface area (Å²) in [6, 6.07) is 6.00. The van der Waals surface area contributed by atoms with Gasteiger partial charge in [0.2, 0.25) is 0 Å². The molecule has 0 saturated heterocycles. The van der Waals surface area contributed by atoms with Gasteiger partial charge in [0.25, 0.3) is 0 Å². The van der Waals surface area contributed by atoms with Crippen LogP contribution in [0.25, 0.3) is 0 Å². The first-order chi connectivity index (χ1) is 6.74. The van der Waals surface area contributed by atoms with Crippen molar-refractivity contribution in [1.82, 2.24) is 5.32 Å². The van der Waals surface area contributed by atoms with E-state index in [-0.39, 0.29) is 0 Å². The van der Waals surface area contributed by atoms with E-state index in [2.05, 4.69) is 17.6 Å². The number of likely N-dealkylation sites (N-methyl/N-ethyl adjacent to an activating group) is 1. The molecule has 2 atom stereocenters. The van der Waals surface area contributed by atoms with E-state index in [0.717, 1.165) is 17.8 Å². The minimum absolute atomic E-state index is 0.358. The first kappa shape index (κ1) is 9.34. The van der Waals surface area contributed by atoms with Crippen LogP contribution in [0.2, 0.25) is 0 Å². The number of benzene rings is 1. The maximum atomic E-state index is 9.78. The van der Waals surface area contributed by atoms with Crippen LogP contribution in [0, 0.1) is 0 Å². The van der Waals surface area contributed by atoms with Gasteiger partial charge in [-0.25, -0.2) is 0 Å². The van der Waals surface area contributed by atoms with E-state index in [4.69, 9.17) is 0 Å². The predicted octanol–water partition coefficient (Wildman–Crippen LogP) is 1.51. The maximum absolute atomic E-state index is 9.78. The Morgan fingerprint density at radius 2 is 2.36 bits per heavy atom. The maximum Gasteiger partial charge on any atom is 0.121 e. The van der Waals surface area contributed by atoms with E-state index in [1.54, 1.807) is 6.07 Å². The highest BCUT2D eigenvalue weighted by atomic mass is 16.3. The van der Waals surface area contributed by atoms with Crippen molar-refractivity contribution in [3.8, 4) is 5.75 Å². The summed E-state index contributed by atoms with van der Waals surface area (Å²) in [5.74, 6) is 0.760. The van der Waals surface area contributed by atoms with E-state index in [0.29, 0.717) is 17.7 Å². The van der Waals surface area contributed by atoms with Gasteiger partial charge in [-0.05, 0) is 26.1 Å². The first-order valence-corrected chi connectivity index (χ1v) is 4.97. The molecule has 2 rings (SSSR count). The van der Waals surface area contributed by atoms with Gasteiger partial charge in [0.1, 0.15) is 5.75 Å². The van der Waals surface area contributed by atoms with Crippen LogP contribution in [-0.2, 0) is 0 Å². The van der Waals surface area contributed by atoms with Gasteiger partial charge in [0.15, 0.2) is 0 Å². The summed E-state index contributed by atoms with van der Waals surface area (Å²) in [4.78, 5) is 0. The van der Waals surface area contributed by atoms with Gasteiger partial charge in [-0.3, -0.25) is 0 Å². The molecule has 3 heteroatoms. The Bertz CT molecular complexity index is 338. The number of phenolic OH excluding ortho intramolecular Hbond substituents is 1. The average molecular weight is 192 g/mol. The lowest BCUT2D eigenvalue weighted by Gasteiger charge is -2.18. The highest BCUT2D eigenvalue weighted by molar-refractivity contribution is 5.63. The van der Waals surface area contributed by atoms with Crippen LogP contribution in [0.3, 0.4) is 0 Å². The molecule has 3 nitrogen and oxygen atoms in total. The van der Waals surface area contributed by atoms with Crippen molar-refractivity contribution in [2.24, 2.45) is 0 Å². The van der Waals surface area contributed by atoms with Gasteiger partial charge in [-0.2, -0.15) is 0 Å². The van der Waals surface area contributed by atoms with Crippen LogP contribution in [0.15, 0.2) is 18.2 Å². The van der Waals surface area contributed by atoms with E-state index in [1.165, 1.54) is 0 Å². The molecule has 0 aromatic heterocycles. The van der Waals surface area contributed by atoms with Gasteiger partial charge in [0, 0.05) is 29.8 Å². The molecule has 0 fully saturated rings. The molecular weight excluding hydrogens is 176 g/mol. The summed E-state index contributed by atoms with van der Waals surface area (Å²) in [5.41, 5.74) is 2.12. The lowest BCUT2D eigenvalue weighted by molar-refractivity contribution is 0.449. The van der Waals surface area contributed by atoms with Gasteiger partial charge in [0.05, 0.1) is 0 Å². The predicted molar refractivity (Wildman–Crippen MR) is 57.9 cm³/mol. The molecule has 76 valence electrons. The van der Waals surface area contributed by atoms with Crippen molar-refractivity contribution in [3.63, 3.8) is 0 Å². The first-order valence-electron chi connectivity index (χ1n) is 4.97. The average Bonchev–Trinajstić information content (AvgIpc) is 2.62. The molecule has 1 aromatic rings. The van der Waals surface area contributed by atoms with Gasteiger partial charge in [-0.1, -0.05) is 6.07 Å². The third kappa shape index (κ3) is 1.34. The lowest BCUT2D eigenvalue weighted by atomic mass is 9.94. The molecule has 1 aliphatic rings. The van der Waals surface area contributed by atoms with Crippen molar-refractivity contribution in [3.05, 3.63) is 23.8 Å². The third-order valence-corrected chi connectivity index (χ3v) is 3.03. The minimum atomic E-state index is 0.358. The summed E-state index contributed by atoms with van der Waals surface area (Å²) in [7, 11) is 1.95. The Labute approximate surface area is 84.1 Å². The fourth-order valence-electron chi connectivity index (χ4n) is 2.05. The van der Waals surface area contributed by atoms with Crippen LogP contribution >= 0.6 is 0 Å². The number of phenols is 1. The topological polar surface area (TPSA) is 44.3 Å². The zero-order valence-corrected chi connectivity index (χ0v) is 8.54. The van der Waals surface area contributed by atoms with Crippen LogP contribution in [-0.4, -0.2) is 24.7 Å². The summed E-state index contributed by atoms with van der Waals surface area (Å²) in [6.07, 6.45) is 0. The molecule has 0 aliphatic carbocycles.